The molecular weight excluding hydrogens is 388 g/mol. The van der Waals surface area contributed by atoms with Crippen LogP contribution < -0.4 is 15.4 Å². The molecule has 148 valence electrons. The topological polar surface area (TPSA) is 94.0 Å². The van der Waals surface area contributed by atoms with E-state index in [9.17, 15) is 4.79 Å². The minimum absolute atomic E-state index is 0.250. The van der Waals surface area contributed by atoms with Crippen molar-refractivity contribution in [3.8, 4) is 5.75 Å². The van der Waals surface area contributed by atoms with Crippen molar-refractivity contribution in [2.45, 2.75) is 17.9 Å². The van der Waals surface area contributed by atoms with Gasteiger partial charge in [-0.3, -0.25) is 4.79 Å². The summed E-state index contributed by atoms with van der Waals surface area (Å²) in [4.78, 5) is 14.5. The maximum Gasteiger partial charge on any atom is 0.255 e. The number of benzene rings is 2. The highest BCUT2D eigenvalue weighted by atomic mass is 32.2. The van der Waals surface area contributed by atoms with E-state index in [1.165, 1.54) is 0 Å². The van der Waals surface area contributed by atoms with Crippen molar-refractivity contribution in [3.05, 3.63) is 65.4 Å². The lowest BCUT2D eigenvalue weighted by atomic mass is 9.95. The number of para-hydroxylation sites is 2. The van der Waals surface area contributed by atoms with Crippen LogP contribution in [0.4, 0.5) is 11.6 Å². The standard InChI is InChI=1S/C20H20N6O2S/c1-12-17(19(27)22-15-6-4-5-7-16(15)28-2)18(26-20(21-12)23-24-25-26)13-8-10-14(29-3)11-9-13/h4-11,18H,1-3H3,(H,22,27)(H,21,23,25). The van der Waals surface area contributed by atoms with E-state index in [2.05, 4.69) is 26.2 Å². The van der Waals surface area contributed by atoms with Gasteiger partial charge in [0.05, 0.1) is 18.4 Å². The summed E-state index contributed by atoms with van der Waals surface area (Å²) in [6.45, 7) is 1.85. The maximum absolute atomic E-state index is 13.3. The van der Waals surface area contributed by atoms with Gasteiger partial charge in [0.25, 0.3) is 5.91 Å². The third-order valence-electron chi connectivity index (χ3n) is 4.75. The number of fused-ring (bicyclic) bond motifs is 1. The molecule has 0 aliphatic carbocycles. The second-order valence-corrected chi connectivity index (χ2v) is 7.32. The lowest BCUT2D eigenvalue weighted by molar-refractivity contribution is -0.113. The second-order valence-electron chi connectivity index (χ2n) is 6.44. The van der Waals surface area contributed by atoms with E-state index in [4.69, 9.17) is 4.74 Å². The zero-order valence-corrected chi connectivity index (χ0v) is 17.0. The molecule has 29 heavy (non-hydrogen) atoms. The highest BCUT2D eigenvalue weighted by Gasteiger charge is 2.34. The number of tetrazole rings is 1. The average Bonchev–Trinajstić information content (AvgIpc) is 3.21. The van der Waals surface area contributed by atoms with Crippen LogP contribution in [-0.4, -0.2) is 39.5 Å². The van der Waals surface area contributed by atoms with Crippen LogP contribution in [0.25, 0.3) is 0 Å². The Kier molecular flexibility index (Phi) is 5.22. The van der Waals surface area contributed by atoms with Crippen LogP contribution in [0.15, 0.2) is 64.7 Å². The van der Waals surface area contributed by atoms with Gasteiger partial charge < -0.3 is 15.4 Å². The highest BCUT2D eigenvalue weighted by Crippen LogP contribution is 2.36. The fourth-order valence-electron chi connectivity index (χ4n) is 3.34. The van der Waals surface area contributed by atoms with Gasteiger partial charge >= 0.3 is 0 Å². The Morgan fingerprint density at radius 1 is 1.21 bits per heavy atom. The monoisotopic (exact) mass is 408 g/mol. The zero-order chi connectivity index (χ0) is 20.4. The third-order valence-corrected chi connectivity index (χ3v) is 5.49. The Morgan fingerprint density at radius 2 is 1.97 bits per heavy atom. The molecule has 2 aromatic carbocycles. The fraction of sp³-hybridized carbons (Fsp3) is 0.200. The molecule has 0 bridgehead atoms. The molecule has 0 fully saturated rings. The fourth-order valence-corrected chi connectivity index (χ4v) is 3.75. The Labute approximate surface area is 172 Å². The number of hydrogen-bond acceptors (Lipinski definition) is 7. The van der Waals surface area contributed by atoms with Crippen molar-refractivity contribution in [2.75, 3.05) is 24.0 Å². The van der Waals surface area contributed by atoms with Crippen molar-refractivity contribution in [1.29, 1.82) is 0 Å². The summed E-state index contributed by atoms with van der Waals surface area (Å²) >= 11 is 1.66. The Hall–Kier alpha value is -3.33. The van der Waals surface area contributed by atoms with Gasteiger partial charge in [-0.15, -0.1) is 11.8 Å². The Morgan fingerprint density at radius 3 is 2.69 bits per heavy atom. The molecular formula is C20H20N6O2S. The maximum atomic E-state index is 13.3. The van der Waals surface area contributed by atoms with E-state index in [1.807, 2.05) is 49.6 Å². The van der Waals surface area contributed by atoms with Crippen molar-refractivity contribution >= 4 is 29.3 Å². The first-order valence-electron chi connectivity index (χ1n) is 8.96. The number of carbonyl (C=O) groups is 1. The summed E-state index contributed by atoms with van der Waals surface area (Å²) in [6.07, 6.45) is 2.02. The Balaban J connectivity index is 1.75. The number of anilines is 2. The number of thioether (sulfide) groups is 1. The number of nitrogens with zero attached hydrogens (tertiary/aromatic N) is 4. The molecule has 0 radical (unpaired) electrons. The minimum Gasteiger partial charge on any atom is -0.495 e. The van der Waals surface area contributed by atoms with E-state index in [0.717, 1.165) is 10.5 Å². The molecule has 0 saturated carbocycles. The number of methoxy groups -OCH3 is 1. The van der Waals surface area contributed by atoms with Crippen molar-refractivity contribution in [3.63, 3.8) is 0 Å². The number of carbonyl (C=O) groups excluding carboxylic acids is 1. The first-order chi connectivity index (χ1) is 14.1. The van der Waals surface area contributed by atoms with E-state index >= 15 is 0 Å². The number of rotatable bonds is 5. The molecule has 0 saturated heterocycles. The summed E-state index contributed by atoms with van der Waals surface area (Å²) in [5.74, 6) is 0.835. The molecule has 8 nitrogen and oxygen atoms in total. The molecule has 3 aromatic rings. The largest absolute Gasteiger partial charge is 0.495 e. The van der Waals surface area contributed by atoms with Gasteiger partial charge in [-0.05, 0) is 53.4 Å². The van der Waals surface area contributed by atoms with Crippen LogP contribution >= 0.6 is 11.8 Å². The van der Waals surface area contributed by atoms with Crippen LogP contribution in [0.3, 0.4) is 0 Å². The van der Waals surface area contributed by atoms with E-state index in [1.54, 1.807) is 35.7 Å². The first-order valence-corrected chi connectivity index (χ1v) is 10.2. The van der Waals surface area contributed by atoms with Crippen LogP contribution in [-0.2, 0) is 4.79 Å². The van der Waals surface area contributed by atoms with Crippen molar-refractivity contribution in [1.82, 2.24) is 20.2 Å². The van der Waals surface area contributed by atoms with Gasteiger partial charge in [-0.1, -0.05) is 29.4 Å². The minimum atomic E-state index is -0.452. The number of allylic oxidation sites excluding steroid dienone is 1. The van der Waals surface area contributed by atoms with Gasteiger partial charge in [0.1, 0.15) is 11.8 Å². The smallest absolute Gasteiger partial charge is 0.255 e. The van der Waals surface area contributed by atoms with Crippen LogP contribution in [0.5, 0.6) is 5.75 Å². The van der Waals surface area contributed by atoms with Gasteiger partial charge in [0.15, 0.2) is 0 Å². The molecule has 0 spiro atoms. The molecule has 9 heteroatoms. The van der Waals surface area contributed by atoms with E-state index < -0.39 is 6.04 Å². The van der Waals surface area contributed by atoms with Crippen LogP contribution in [0.1, 0.15) is 18.5 Å². The summed E-state index contributed by atoms with van der Waals surface area (Å²) < 4.78 is 6.98. The summed E-state index contributed by atoms with van der Waals surface area (Å²) in [5.41, 5.74) is 2.74. The quantitative estimate of drug-likeness (QED) is 0.626. The van der Waals surface area contributed by atoms with Gasteiger partial charge in [-0.25, -0.2) is 0 Å². The summed E-state index contributed by atoms with van der Waals surface area (Å²) in [7, 11) is 1.57. The molecule has 1 aromatic heterocycles. The summed E-state index contributed by atoms with van der Waals surface area (Å²) in [6, 6.07) is 14.9. The van der Waals surface area contributed by atoms with Gasteiger partial charge in [-0.2, -0.15) is 4.68 Å². The number of nitrogens with one attached hydrogen (secondary N) is 2. The van der Waals surface area contributed by atoms with E-state index in [-0.39, 0.29) is 5.91 Å². The normalized spacial score (nSPS) is 15.5. The number of hydrogen-bond donors (Lipinski definition) is 2. The molecule has 1 unspecified atom stereocenters. The summed E-state index contributed by atoms with van der Waals surface area (Å²) in [5, 5.41) is 18.0. The SMILES string of the molecule is COc1ccccc1NC(=O)C1=C(C)Nc2nnnn2C1c1ccc(SC)cc1. The Bertz CT molecular complexity index is 1080. The first kappa shape index (κ1) is 19.0. The average molecular weight is 408 g/mol. The lowest BCUT2D eigenvalue weighted by Crippen LogP contribution is -2.31. The molecule has 1 aliphatic rings. The highest BCUT2D eigenvalue weighted by molar-refractivity contribution is 7.98. The molecule has 2 heterocycles. The molecule has 1 amide bonds. The van der Waals surface area contributed by atoms with Gasteiger partial charge in [0.2, 0.25) is 5.95 Å². The zero-order valence-electron chi connectivity index (χ0n) is 16.2. The number of aromatic nitrogens is 4. The molecule has 1 aliphatic heterocycles. The third kappa shape index (κ3) is 3.56. The molecule has 1 atom stereocenters. The van der Waals surface area contributed by atoms with Crippen LogP contribution in [0, 0.1) is 0 Å². The predicted molar refractivity (Wildman–Crippen MR) is 112 cm³/mol. The number of amides is 1. The van der Waals surface area contributed by atoms with Gasteiger partial charge in [0, 0.05) is 10.6 Å². The number of ether oxygens (including phenoxy) is 1. The van der Waals surface area contributed by atoms with E-state index in [0.29, 0.717) is 28.7 Å². The lowest BCUT2D eigenvalue weighted by Gasteiger charge is -2.28. The van der Waals surface area contributed by atoms with Crippen molar-refractivity contribution < 1.29 is 9.53 Å². The predicted octanol–water partition coefficient (Wildman–Crippen LogP) is 3.33. The molecule has 2 N–H and O–H groups in total. The van der Waals surface area contributed by atoms with Crippen molar-refractivity contribution in [2.24, 2.45) is 0 Å². The molecule has 4 rings (SSSR count). The second kappa shape index (κ2) is 7.96. The van der Waals surface area contributed by atoms with Crippen LogP contribution in [0.2, 0.25) is 0 Å².